The van der Waals surface area contributed by atoms with E-state index in [-0.39, 0.29) is 5.91 Å². The molecule has 1 aromatic carbocycles. The van der Waals surface area contributed by atoms with Gasteiger partial charge in [0.15, 0.2) is 5.16 Å². The molecule has 1 aliphatic heterocycles. The van der Waals surface area contributed by atoms with E-state index in [0.717, 1.165) is 49.6 Å². The summed E-state index contributed by atoms with van der Waals surface area (Å²) in [7, 11) is 1.58. The van der Waals surface area contributed by atoms with E-state index in [1.807, 2.05) is 18.6 Å². The number of piperidine rings is 1. The number of methoxy groups -OCH3 is 1. The summed E-state index contributed by atoms with van der Waals surface area (Å²) in [6.07, 6.45) is 9.46. The third-order valence-corrected chi connectivity index (χ3v) is 5.90. The van der Waals surface area contributed by atoms with Gasteiger partial charge in [-0.1, -0.05) is 23.4 Å². The molecular weight excluding hydrogens is 408 g/mol. The number of benzene rings is 1. The van der Waals surface area contributed by atoms with Crippen LogP contribution in [0.3, 0.4) is 0 Å². The van der Waals surface area contributed by atoms with Crippen molar-refractivity contribution in [3.63, 3.8) is 0 Å². The number of halogens is 1. The lowest BCUT2D eigenvalue weighted by atomic mass is 9.93. The fraction of sp³-hybridized carbons (Fsp3) is 0.476. The van der Waals surface area contributed by atoms with E-state index in [1.54, 1.807) is 37.1 Å². The molecule has 1 atom stereocenters. The van der Waals surface area contributed by atoms with Crippen molar-refractivity contribution in [2.45, 2.75) is 37.4 Å². The molecule has 8 heteroatoms. The van der Waals surface area contributed by atoms with Crippen LogP contribution in [0.2, 0.25) is 5.02 Å². The van der Waals surface area contributed by atoms with E-state index >= 15 is 0 Å². The Hall–Kier alpha value is -1.83. The summed E-state index contributed by atoms with van der Waals surface area (Å²) in [4.78, 5) is 23.6. The van der Waals surface area contributed by atoms with Gasteiger partial charge in [0.2, 0.25) is 5.91 Å². The molecule has 1 saturated heterocycles. The Morgan fingerprint density at radius 3 is 2.90 bits per heavy atom. The van der Waals surface area contributed by atoms with Crippen molar-refractivity contribution in [1.82, 2.24) is 14.9 Å². The molecule has 0 radical (unpaired) electrons. The maximum absolute atomic E-state index is 12.4. The Balaban J connectivity index is 1.47. The Bertz CT molecular complexity index is 819. The van der Waals surface area contributed by atoms with Crippen LogP contribution in [0.1, 0.15) is 31.2 Å². The SMILES string of the molecule is COc1ccc(Cl)cc1NC(=O)CCC1CCCN(Cc2cnc(SC)nc2)C1. The number of hydrogen-bond donors (Lipinski definition) is 1. The number of anilines is 1. The van der Waals surface area contributed by atoms with Gasteiger partial charge in [-0.05, 0) is 56.2 Å². The number of aromatic nitrogens is 2. The number of nitrogens with zero attached hydrogens (tertiary/aromatic N) is 3. The zero-order valence-electron chi connectivity index (χ0n) is 16.9. The number of ether oxygens (including phenoxy) is 1. The van der Waals surface area contributed by atoms with Gasteiger partial charge in [-0.15, -0.1) is 0 Å². The van der Waals surface area contributed by atoms with E-state index in [9.17, 15) is 4.79 Å². The van der Waals surface area contributed by atoms with E-state index in [1.165, 1.54) is 0 Å². The number of thioether (sulfide) groups is 1. The summed E-state index contributed by atoms with van der Waals surface area (Å²) in [5, 5.41) is 4.29. The number of likely N-dealkylation sites (tertiary alicyclic amines) is 1. The summed E-state index contributed by atoms with van der Waals surface area (Å²) in [5.74, 6) is 1.12. The predicted octanol–water partition coefficient (Wildman–Crippen LogP) is 4.49. The quantitative estimate of drug-likeness (QED) is 0.487. The first kappa shape index (κ1) is 21.9. The van der Waals surface area contributed by atoms with Crippen molar-refractivity contribution in [3.05, 3.63) is 41.2 Å². The average molecular weight is 435 g/mol. The van der Waals surface area contributed by atoms with Crippen LogP contribution in [-0.2, 0) is 11.3 Å². The van der Waals surface area contributed by atoms with Gasteiger partial charge in [0.1, 0.15) is 5.75 Å². The Labute approximate surface area is 181 Å². The molecule has 0 bridgehead atoms. The van der Waals surface area contributed by atoms with Crippen LogP contribution in [0, 0.1) is 5.92 Å². The summed E-state index contributed by atoms with van der Waals surface area (Å²) in [6.45, 7) is 2.93. The highest BCUT2D eigenvalue weighted by molar-refractivity contribution is 7.98. The normalized spacial score (nSPS) is 17.1. The second-order valence-corrected chi connectivity index (χ2v) is 8.46. The van der Waals surface area contributed by atoms with Crippen LogP contribution in [0.15, 0.2) is 35.7 Å². The molecule has 29 heavy (non-hydrogen) atoms. The standard InChI is InChI=1S/C21H27ClN4O2S/c1-28-19-7-6-17(22)10-18(19)25-20(27)8-5-15-4-3-9-26(13-15)14-16-11-23-21(29-2)24-12-16/h6-7,10-12,15H,3-5,8-9,13-14H2,1-2H3,(H,25,27). The number of nitrogens with one attached hydrogen (secondary N) is 1. The Kier molecular flexibility index (Phi) is 8.15. The fourth-order valence-corrected chi connectivity index (χ4v) is 4.13. The van der Waals surface area contributed by atoms with Gasteiger partial charge in [0.05, 0.1) is 12.8 Å². The maximum Gasteiger partial charge on any atom is 0.224 e. The monoisotopic (exact) mass is 434 g/mol. The van der Waals surface area contributed by atoms with Crippen molar-refractivity contribution in [1.29, 1.82) is 0 Å². The van der Waals surface area contributed by atoms with Gasteiger partial charge >= 0.3 is 0 Å². The van der Waals surface area contributed by atoms with E-state index < -0.39 is 0 Å². The van der Waals surface area contributed by atoms with Crippen LogP contribution in [0.5, 0.6) is 5.75 Å². The molecular formula is C21H27ClN4O2S. The summed E-state index contributed by atoms with van der Waals surface area (Å²) < 4.78 is 5.29. The first-order valence-corrected chi connectivity index (χ1v) is 11.4. The molecule has 1 amide bonds. The van der Waals surface area contributed by atoms with Gasteiger partial charge in [-0.2, -0.15) is 0 Å². The van der Waals surface area contributed by atoms with E-state index in [2.05, 4.69) is 20.2 Å². The smallest absolute Gasteiger partial charge is 0.224 e. The van der Waals surface area contributed by atoms with Gasteiger partial charge in [-0.3, -0.25) is 9.69 Å². The summed E-state index contributed by atoms with van der Waals surface area (Å²) >= 11 is 7.58. The van der Waals surface area contributed by atoms with Crippen molar-refractivity contribution >= 4 is 35.0 Å². The Morgan fingerprint density at radius 1 is 1.38 bits per heavy atom. The number of hydrogen-bond acceptors (Lipinski definition) is 6. The highest BCUT2D eigenvalue weighted by Gasteiger charge is 2.21. The molecule has 2 aromatic rings. The van der Waals surface area contributed by atoms with Gasteiger partial charge < -0.3 is 10.1 Å². The second kappa shape index (κ2) is 10.8. The molecule has 0 saturated carbocycles. The number of carbonyl (C=O) groups is 1. The van der Waals surface area contributed by atoms with Gasteiger partial charge in [-0.25, -0.2) is 9.97 Å². The summed E-state index contributed by atoms with van der Waals surface area (Å²) in [6, 6.07) is 5.21. The van der Waals surface area contributed by atoms with Crippen LogP contribution < -0.4 is 10.1 Å². The third-order valence-electron chi connectivity index (χ3n) is 5.09. The first-order valence-electron chi connectivity index (χ1n) is 9.78. The van der Waals surface area contributed by atoms with Crippen LogP contribution >= 0.6 is 23.4 Å². The minimum Gasteiger partial charge on any atom is -0.495 e. The lowest BCUT2D eigenvalue weighted by Gasteiger charge is -2.32. The van der Waals surface area contributed by atoms with Gasteiger partial charge in [0.25, 0.3) is 0 Å². The van der Waals surface area contributed by atoms with Crippen molar-refractivity contribution < 1.29 is 9.53 Å². The Morgan fingerprint density at radius 2 is 2.17 bits per heavy atom. The number of amides is 1. The van der Waals surface area contributed by atoms with Crippen LogP contribution in [0.4, 0.5) is 5.69 Å². The summed E-state index contributed by atoms with van der Waals surface area (Å²) in [5.41, 5.74) is 1.75. The lowest BCUT2D eigenvalue weighted by molar-refractivity contribution is -0.116. The average Bonchev–Trinajstić information content (AvgIpc) is 2.73. The largest absolute Gasteiger partial charge is 0.495 e. The minimum atomic E-state index is -0.0104. The molecule has 0 spiro atoms. The van der Waals surface area contributed by atoms with E-state index in [4.69, 9.17) is 16.3 Å². The molecule has 1 N–H and O–H groups in total. The lowest BCUT2D eigenvalue weighted by Crippen LogP contribution is -2.35. The number of rotatable bonds is 8. The zero-order valence-corrected chi connectivity index (χ0v) is 18.4. The topological polar surface area (TPSA) is 67.3 Å². The molecule has 6 nitrogen and oxygen atoms in total. The molecule has 3 rings (SSSR count). The molecule has 156 valence electrons. The third kappa shape index (κ3) is 6.59. The molecule has 1 fully saturated rings. The highest BCUT2D eigenvalue weighted by Crippen LogP contribution is 2.28. The minimum absolute atomic E-state index is 0.0104. The number of carbonyl (C=O) groups excluding carboxylic acids is 1. The van der Waals surface area contributed by atoms with Crippen LogP contribution in [-0.4, -0.2) is 47.2 Å². The molecule has 1 aliphatic rings. The zero-order chi connectivity index (χ0) is 20.6. The molecule has 1 aromatic heterocycles. The van der Waals surface area contributed by atoms with Crippen LogP contribution in [0.25, 0.3) is 0 Å². The highest BCUT2D eigenvalue weighted by atomic mass is 35.5. The van der Waals surface area contributed by atoms with Gasteiger partial charge in [0, 0.05) is 42.5 Å². The first-order chi connectivity index (χ1) is 14.1. The van der Waals surface area contributed by atoms with Crippen molar-refractivity contribution in [3.8, 4) is 5.75 Å². The fourth-order valence-electron chi connectivity index (χ4n) is 3.64. The van der Waals surface area contributed by atoms with E-state index in [0.29, 0.717) is 28.8 Å². The maximum atomic E-state index is 12.4. The molecule has 0 aliphatic carbocycles. The van der Waals surface area contributed by atoms with Crippen molar-refractivity contribution in [2.24, 2.45) is 5.92 Å². The second-order valence-electron chi connectivity index (χ2n) is 7.25. The molecule has 2 heterocycles. The van der Waals surface area contributed by atoms with Crippen molar-refractivity contribution in [2.75, 3.05) is 31.8 Å². The molecule has 1 unspecified atom stereocenters. The predicted molar refractivity (Wildman–Crippen MR) is 118 cm³/mol.